The standard InChI is InChI=1S/C21H19F2N3.C2H6/c22-15-5-1-6-16(10-15)25-9-3-4-14(12-25)21-20-17(7-2-8-18(20)23)19-11-24-13-26(19)21;1-2/h1-2,5-8,10-11,13-14,21H,3-4,9,12H2;1-2H3. The van der Waals surface area contributed by atoms with Crippen LogP contribution in [-0.4, -0.2) is 22.6 Å². The maximum Gasteiger partial charge on any atom is 0.129 e. The SMILES string of the molecule is CC.Fc1cccc(N2CCCC(C3c4c(F)cccc4-c4cncn43)C2)c1. The van der Waals surface area contributed by atoms with Gasteiger partial charge in [0.05, 0.1) is 24.3 Å². The van der Waals surface area contributed by atoms with Gasteiger partial charge in [-0.2, -0.15) is 0 Å². The van der Waals surface area contributed by atoms with E-state index in [0.717, 1.165) is 48.4 Å². The molecule has 2 aliphatic rings. The van der Waals surface area contributed by atoms with E-state index in [-0.39, 0.29) is 23.6 Å². The smallest absolute Gasteiger partial charge is 0.129 e. The molecule has 1 saturated heterocycles. The van der Waals surface area contributed by atoms with Gasteiger partial charge in [0.1, 0.15) is 11.6 Å². The van der Waals surface area contributed by atoms with Gasteiger partial charge in [-0.05, 0) is 37.1 Å². The number of nitrogens with zero attached hydrogens (tertiary/aromatic N) is 3. The highest BCUT2D eigenvalue weighted by molar-refractivity contribution is 5.69. The summed E-state index contributed by atoms with van der Waals surface area (Å²) < 4.78 is 30.5. The number of halogens is 2. The predicted octanol–water partition coefficient (Wildman–Crippen LogP) is 5.67. The monoisotopic (exact) mass is 381 g/mol. The zero-order valence-electron chi connectivity index (χ0n) is 16.3. The van der Waals surface area contributed by atoms with E-state index in [1.54, 1.807) is 30.6 Å². The van der Waals surface area contributed by atoms with Crippen LogP contribution in [-0.2, 0) is 0 Å². The van der Waals surface area contributed by atoms with Crippen LogP contribution in [0.3, 0.4) is 0 Å². The van der Waals surface area contributed by atoms with Crippen LogP contribution >= 0.6 is 0 Å². The molecule has 0 N–H and O–H groups in total. The lowest BCUT2D eigenvalue weighted by Gasteiger charge is -2.38. The Hall–Kier alpha value is -2.69. The molecule has 28 heavy (non-hydrogen) atoms. The molecule has 2 aliphatic heterocycles. The summed E-state index contributed by atoms with van der Waals surface area (Å²) >= 11 is 0. The first kappa shape index (κ1) is 18.7. The summed E-state index contributed by atoms with van der Waals surface area (Å²) in [5, 5.41) is 0. The molecule has 2 atom stereocenters. The molecule has 0 bridgehead atoms. The van der Waals surface area contributed by atoms with Gasteiger partial charge in [0.15, 0.2) is 0 Å². The van der Waals surface area contributed by atoms with Gasteiger partial charge in [0.2, 0.25) is 0 Å². The molecule has 1 aromatic heterocycles. The van der Waals surface area contributed by atoms with Crippen LogP contribution in [0.5, 0.6) is 0 Å². The lowest BCUT2D eigenvalue weighted by Crippen LogP contribution is -2.39. The van der Waals surface area contributed by atoms with Crippen molar-refractivity contribution in [2.24, 2.45) is 5.92 Å². The van der Waals surface area contributed by atoms with Crippen LogP contribution in [0.2, 0.25) is 0 Å². The molecule has 0 radical (unpaired) electrons. The largest absolute Gasteiger partial charge is 0.371 e. The van der Waals surface area contributed by atoms with Gasteiger partial charge in [-0.1, -0.05) is 32.0 Å². The number of benzene rings is 2. The first-order valence-corrected chi connectivity index (χ1v) is 10.0. The van der Waals surface area contributed by atoms with Crippen molar-refractivity contribution < 1.29 is 8.78 Å². The minimum absolute atomic E-state index is 0.0555. The Bertz CT molecular complexity index is 966. The van der Waals surface area contributed by atoms with Gasteiger partial charge < -0.3 is 9.47 Å². The van der Waals surface area contributed by atoms with E-state index in [0.29, 0.717) is 0 Å². The van der Waals surface area contributed by atoms with E-state index in [1.165, 1.54) is 6.07 Å². The van der Waals surface area contributed by atoms with Crippen LogP contribution in [0, 0.1) is 17.6 Å². The molecule has 5 heteroatoms. The van der Waals surface area contributed by atoms with Crippen molar-refractivity contribution in [1.29, 1.82) is 0 Å². The zero-order chi connectivity index (χ0) is 19.7. The van der Waals surface area contributed by atoms with Crippen LogP contribution in [0.1, 0.15) is 38.3 Å². The lowest BCUT2D eigenvalue weighted by atomic mass is 9.86. The summed E-state index contributed by atoms with van der Waals surface area (Å²) in [4.78, 5) is 6.50. The molecule has 0 spiro atoms. The third kappa shape index (κ3) is 3.09. The van der Waals surface area contributed by atoms with Gasteiger partial charge in [0.25, 0.3) is 0 Å². The van der Waals surface area contributed by atoms with Gasteiger partial charge >= 0.3 is 0 Å². The van der Waals surface area contributed by atoms with Crippen molar-refractivity contribution >= 4 is 5.69 Å². The normalized spacial score (nSPS) is 20.2. The van der Waals surface area contributed by atoms with E-state index >= 15 is 0 Å². The van der Waals surface area contributed by atoms with E-state index in [9.17, 15) is 8.78 Å². The second-order valence-corrected chi connectivity index (χ2v) is 7.16. The predicted molar refractivity (Wildman–Crippen MR) is 108 cm³/mol. The van der Waals surface area contributed by atoms with Crippen LogP contribution in [0.25, 0.3) is 11.3 Å². The summed E-state index contributed by atoms with van der Waals surface area (Å²) in [6.45, 7) is 5.67. The molecule has 3 heterocycles. The number of piperidine rings is 1. The van der Waals surface area contributed by atoms with E-state index in [4.69, 9.17) is 0 Å². The lowest BCUT2D eigenvalue weighted by molar-refractivity contribution is 0.321. The molecule has 0 aliphatic carbocycles. The Labute approximate surface area is 164 Å². The molecule has 0 saturated carbocycles. The van der Waals surface area contributed by atoms with E-state index in [1.807, 2.05) is 32.2 Å². The fourth-order valence-electron chi connectivity index (χ4n) is 4.57. The number of hydrogen-bond acceptors (Lipinski definition) is 2. The number of rotatable bonds is 2. The van der Waals surface area contributed by atoms with Crippen LogP contribution in [0.4, 0.5) is 14.5 Å². The first-order valence-electron chi connectivity index (χ1n) is 10.0. The topological polar surface area (TPSA) is 21.1 Å². The van der Waals surface area contributed by atoms with Gasteiger partial charge in [0, 0.05) is 35.8 Å². The van der Waals surface area contributed by atoms with Crippen LogP contribution in [0.15, 0.2) is 55.0 Å². The first-order chi connectivity index (χ1) is 13.7. The molecule has 2 aromatic carbocycles. The van der Waals surface area contributed by atoms with Crippen molar-refractivity contribution in [3.63, 3.8) is 0 Å². The minimum Gasteiger partial charge on any atom is -0.371 e. The Morgan fingerprint density at radius 1 is 1.07 bits per heavy atom. The number of aromatic nitrogens is 2. The number of fused-ring (bicyclic) bond motifs is 3. The highest BCUT2D eigenvalue weighted by Gasteiger charge is 2.38. The average molecular weight is 381 g/mol. The Morgan fingerprint density at radius 3 is 2.71 bits per heavy atom. The molecule has 146 valence electrons. The van der Waals surface area contributed by atoms with Gasteiger partial charge in [-0.25, -0.2) is 13.8 Å². The van der Waals surface area contributed by atoms with E-state index < -0.39 is 0 Å². The molecule has 3 nitrogen and oxygen atoms in total. The van der Waals surface area contributed by atoms with Crippen molar-refractivity contribution in [2.75, 3.05) is 18.0 Å². The number of anilines is 1. The summed E-state index contributed by atoms with van der Waals surface area (Å²) in [6.07, 6.45) is 5.64. The molecule has 5 rings (SSSR count). The molecule has 2 unspecified atom stereocenters. The fourth-order valence-corrected chi connectivity index (χ4v) is 4.57. The summed E-state index contributed by atoms with van der Waals surface area (Å²) in [5.41, 5.74) is 3.59. The molecular formula is C23H25F2N3. The van der Waals surface area contributed by atoms with Crippen LogP contribution < -0.4 is 4.90 Å². The Balaban J connectivity index is 0.000000932. The minimum atomic E-state index is -0.223. The molecular weight excluding hydrogens is 356 g/mol. The molecule has 1 fully saturated rings. The maximum atomic E-state index is 14.7. The zero-order valence-corrected chi connectivity index (χ0v) is 16.3. The molecule has 3 aromatic rings. The Morgan fingerprint density at radius 2 is 1.89 bits per heavy atom. The van der Waals surface area contributed by atoms with Gasteiger partial charge in [-0.3, -0.25) is 0 Å². The van der Waals surface area contributed by atoms with Crippen molar-refractivity contribution in [3.8, 4) is 11.3 Å². The van der Waals surface area contributed by atoms with Crippen molar-refractivity contribution in [3.05, 3.63) is 72.2 Å². The Kier molecular flexibility index (Phi) is 5.16. The third-order valence-corrected chi connectivity index (χ3v) is 5.67. The molecule has 0 amide bonds. The second kappa shape index (κ2) is 7.74. The summed E-state index contributed by atoms with van der Waals surface area (Å²) in [5.74, 6) is -0.129. The highest BCUT2D eigenvalue weighted by atomic mass is 19.1. The summed E-state index contributed by atoms with van der Waals surface area (Å²) in [6, 6.07) is 11.9. The maximum absolute atomic E-state index is 14.7. The number of hydrogen-bond donors (Lipinski definition) is 0. The van der Waals surface area contributed by atoms with Crippen molar-refractivity contribution in [1.82, 2.24) is 9.55 Å². The highest BCUT2D eigenvalue weighted by Crippen LogP contribution is 2.46. The van der Waals surface area contributed by atoms with E-state index in [2.05, 4.69) is 14.5 Å². The average Bonchev–Trinajstić information content (AvgIpc) is 3.31. The number of imidazole rings is 1. The quantitative estimate of drug-likeness (QED) is 0.570. The third-order valence-electron chi connectivity index (χ3n) is 5.67. The van der Waals surface area contributed by atoms with Crippen molar-refractivity contribution in [2.45, 2.75) is 32.7 Å². The van der Waals surface area contributed by atoms with Gasteiger partial charge in [-0.15, -0.1) is 0 Å². The second-order valence-electron chi connectivity index (χ2n) is 7.16. The summed E-state index contributed by atoms with van der Waals surface area (Å²) in [7, 11) is 0. The fraction of sp³-hybridized carbons (Fsp3) is 0.348.